The first-order valence-corrected chi connectivity index (χ1v) is 9.16. The van der Waals surface area contributed by atoms with Crippen LogP contribution in [0.15, 0.2) is 54.7 Å². The zero-order chi connectivity index (χ0) is 20.1. The van der Waals surface area contributed by atoms with Crippen LogP contribution in [0.3, 0.4) is 0 Å². The van der Waals surface area contributed by atoms with Crippen LogP contribution < -0.4 is 10.6 Å². The van der Waals surface area contributed by atoms with Gasteiger partial charge in [0.2, 0.25) is 5.95 Å². The summed E-state index contributed by atoms with van der Waals surface area (Å²) in [5, 5.41) is 6.04. The highest BCUT2D eigenvalue weighted by Gasteiger charge is 2.13. The highest BCUT2D eigenvalue weighted by atomic mass is 19.1. The number of anilines is 2. The molecule has 28 heavy (non-hydrogen) atoms. The Labute approximate surface area is 164 Å². The monoisotopic (exact) mass is 378 g/mol. The molecule has 0 bridgehead atoms. The minimum atomic E-state index is -0.316. The minimum Gasteiger partial charge on any atom is -0.347 e. The summed E-state index contributed by atoms with van der Waals surface area (Å²) in [5.41, 5.74) is 4.28. The summed E-state index contributed by atoms with van der Waals surface area (Å²) in [5.74, 6) is 0.0810. The number of carbonyl (C=O) groups excluding carboxylic acids is 1. The van der Waals surface area contributed by atoms with Crippen molar-refractivity contribution < 1.29 is 9.18 Å². The van der Waals surface area contributed by atoms with E-state index in [4.69, 9.17) is 0 Å². The molecule has 1 amide bonds. The van der Waals surface area contributed by atoms with E-state index in [0.717, 1.165) is 22.4 Å². The van der Waals surface area contributed by atoms with E-state index in [0.29, 0.717) is 18.4 Å². The van der Waals surface area contributed by atoms with E-state index in [1.54, 1.807) is 24.4 Å². The van der Waals surface area contributed by atoms with Crippen molar-refractivity contribution in [3.05, 3.63) is 82.9 Å². The number of aromatic nitrogens is 2. The van der Waals surface area contributed by atoms with Crippen molar-refractivity contribution in [3.63, 3.8) is 0 Å². The van der Waals surface area contributed by atoms with Gasteiger partial charge < -0.3 is 10.6 Å². The molecule has 5 nitrogen and oxygen atoms in total. The lowest BCUT2D eigenvalue weighted by molar-refractivity contribution is 0.0946. The van der Waals surface area contributed by atoms with Gasteiger partial charge in [-0.1, -0.05) is 44.2 Å². The zero-order valence-corrected chi connectivity index (χ0v) is 16.2. The van der Waals surface area contributed by atoms with E-state index < -0.39 is 0 Å². The van der Waals surface area contributed by atoms with Gasteiger partial charge in [0.1, 0.15) is 11.5 Å². The quantitative estimate of drug-likeness (QED) is 0.651. The van der Waals surface area contributed by atoms with E-state index in [1.807, 2.05) is 19.1 Å². The smallest absolute Gasteiger partial charge is 0.270 e. The number of carbonyl (C=O) groups is 1. The fourth-order valence-corrected chi connectivity index (χ4v) is 2.87. The molecule has 0 unspecified atom stereocenters. The van der Waals surface area contributed by atoms with E-state index in [2.05, 4.69) is 40.5 Å². The lowest BCUT2D eigenvalue weighted by Crippen LogP contribution is -2.24. The largest absolute Gasteiger partial charge is 0.347 e. The Kier molecular flexibility index (Phi) is 5.99. The van der Waals surface area contributed by atoms with Gasteiger partial charge in [-0.25, -0.2) is 14.4 Å². The fourth-order valence-electron chi connectivity index (χ4n) is 2.87. The summed E-state index contributed by atoms with van der Waals surface area (Å²) in [6, 6.07) is 13.7. The average Bonchev–Trinajstić information content (AvgIpc) is 2.69. The molecule has 1 heterocycles. The zero-order valence-electron chi connectivity index (χ0n) is 16.2. The molecule has 0 spiro atoms. The van der Waals surface area contributed by atoms with Crippen LogP contribution in [-0.4, -0.2) is 15.9 Å². The number of hydrogen-bond acceptors (Lipinski definition) is 4. The van der Waals surface area contributed by atoms with Crippen LogP contribution in [0, 0.1) is 12.7 Å². The Morgan fingerprint density at radius 2 is 1.86 bits per heavy atom. The number of nitrogens with one attached hydrogen (secondary N) is 2. The van der Waals surface area contributed by atoms with Crippen LogP contribution in [0.2, 0.25) is 0 Å². The predicted octanol–water partition coefficient (Wildman–Crippen LogP) is 4.72. The maximum Gasteiger partial charge on any atom is 0.270 e. The highest BCUT2D eigenvalue weighted by molar-refractivity contribution is 5.92. The van der Waals surface area contributed by atoms with E-state index in [-0.39, 0.29) is 17.4 Å². The second-order valence-electron chi connectivity index (χ2n) is 6.89. The van der Waals surface area contributed by atoms with Crippen LogP contribution in [0.1, 0.15) is 46.9 Å². The molecule has 6 heteroatoms. The molecule has 0 fully saturated rings. The normalized spacial score (nSPS) is 10.8. The second kappa shape index (κ2) is 8.61. The van der Waals surface area contributed by atoms with Gasteiger partial charge in [-0.05, 0) is 47.7 Å². The Hall–Kier alpha value is -3.28. The van der Waals surface area contributed by atoms with Crippen molar-refractivity contribution in [2.24, 2.45) is 0 Å². The SMILES string of the molecule is Cc1cccc(C(C)C)c1Nc1nccc(C(=O)NCc2ccc(F)cc2)n1. The topological polar surface area (TPSA) is 66.9 Å². The molecule has 0 saturated heterocycles. The van der Waals surface area contributed by atoms with Crippen molar-refractivity contribution in [2.45, 2.75) is 33.2 Å². The highest BCUT2D eigenvalue weighted by Crippen LogP contribution is 2.29. The third kappa shape index (κ3) is 4.71. The van der Waals surface area contributed by atoms with E-state index in [9.17, 15) is 9.18 Å². The number of benzene rings is 2. The van der Waals surface area contributed by atoms with Gasteiger partial charge in [-0.15, -0.1) is 0 Å². The van der Waals surface area contributed by atoms with Crippen molar-refractivity contribution in [1.82, 2.24) is 15.3 Å². The summed E-state index contributed by atoms with van der Waals surface area (Å²) in [7, 11) is 0. The first-order valence-electron chi connectivity index (χ1n) is 9.16. The lowest BCUT2D eigenvalue weighted by atomic mass is 9.98. The van der Waals surface area contributed by atoms with Gasteiger partial charge in [0.15, 0.2) is 0 Å². The number of aryl methyl sites for hydroxylation is 1. The van der Waals surface area contributed by atoms with Crippen LogP contribution in [0.4, 0.5) is 16.0 Å². The van der Waals surface area contributed by atoms with Gasteiger partial charge in [-0.2, -0.15) is 0 Å². The summed E-state index contributed by atoms with van der Waals surface area (Å²) < 4.78 is 13.0. The molecule has 0 aliphatic heterocycles. The Morgan fingerprint density at radius 1 is 1.11 bits per heavy atom. The first-order chi connectivity index (χ1) is 13.4. The molecule has 3 rings (SSSR count). The molecule has 1 aromatic heterocycles. The first kappa shape index (κ1) is 19.5. The van der Waals surface area contributed by atoms with E-state index >= 15 is 0 Å². The van der Waals surface area contributed by atoms with E-state index in [1.165, 1.54) is 12.1 Å². The van der Waals surface area contributed by atoms with Crippen molar-refractivity contribution in [3.8, 4) is 0 Å². The third-order valence-corrected chi connectivity index (χ3v) is 4.42. The maximum atomic E-state index is 13.0. The Balaban J connectivity index is 1.74. The molecule has 0 atom stereocenters. The lowest BCUT2D eigenvalue weighted by Gasteiger charge is -2.16. The summed E-state index contributed by atoms with van der Waals surface area (Å²) in [6.45, 7) is 6.56. The number of para-hydroxylation sites is 1. The summed E-state index contributed by atoms with van der Waals surface area (Å²) in [4.78, 5) is 21.0. The van der Waals surface area contributed by atoms with Gasteiger partial charge >= 0.3 is 0 Å². The van der Waals surface area contributed by atoms with Crippen LogP contribution in [-0.2, 0) is 6.54 Å². The molecule has 0 saturated carbocycles. The fraction of sp³-hybridized carbons (Fsp3) is 0.227. The van der Waals surface area contributed by atoms with Gasteiger partial charge in [0, 0.05) is 18.4 Å². The van der Waals surface area contributed by atoms with Crippen molar-refractivity contribution >= 4 is 17.5 Å². The van der Waals surface area contributed by atoms with Crippen LogP contribution in [0.25, 0.3) is 0 Å². The Morgan fingerprint density at radius 3 is 2.57 bits per heavy atom. The van der Waals surface area contributed by atoms with Crippen LogP contribution in [0.5, 0.6) is 0 Å². The second-order valence-corrected chi connectivity index (χ2v) is 6.89. The molecule has 0 aliphatic rings. The molecule has 2 aromatic carbocycles. The molecule has 0 aliphatic carbocycles. The molecule has 0 radical (unpaired) electrons. The van der Waals surface area contributed by atoms with Gasteiger partial charge in [-0.3, -0.25) is 4.79 Å². The van der Waals surface area contributed by atoms with Gasteiger partial charge in [0.05, 0.1) is 0 Å². The van der Waals surface area contributed by atoms with Crippen molar-refractivity contribution in [1.29, 1.82) is 0 Å². The van der Waals surface area contributed by atoms with Crippen molar-refractivity contribution in [2.75, 3.05) is 5.32 Å². The predicted molar refractivity (Wildman–Crippen MR) is 108 cm³/mol. The number of rotatable bonds is 6. The molecular weight excluding hydrogens is 355 g/mol. The molecule has 144 valence electrons. The minimum absolute atomic E-state index is 0.263. The number of amides is 1. The molecule has 3 aromatic rings. The number of nitrogens with zero attached hydrogens (tertiary/aromatic N) is 2. The van der Waals surface area contributed by atoms with Gasteiger partial charge in [0.25, 0.3) is 5.91 Å². The summed E-state index contributed by atoms with van der Waals surface area (Å²) >= 11 is 0. The van der Waals surface area contributed by atoms with Crippen LogP contribution >= 0.6 is 0 Å². The number of hydrogen-bond donors (Lipinski definition) is 2. The Bertz CT molecular complexity index is 971. The third-order valence-electron chi connectivity index (χ3n) is 4.42. The molecule has 2 N–H and O–H groups in total. The standard InChI is InChI=1S/C22H23FN4O/c1-14(2)18-6-4-5-15(3)20(18)27-22-24-12-11-19(26-22)21(28)25-13-16-7-9-17(23)10-8-16/h4-12,14H,13H2,1-3H3,(H,25,28)(H,24,26,27). The maximum absolute atomic E-state index is 13.0. The summed E-state index contributed by atoms with van der Waals surface area (Å²) in [6.07, 6.45) is 1.55. The molecular formula is C22H23FN4O. The number of halogens is 1. The average molecular weight is 378 g/mol.